The molecule has 1 aliphatic carbocycles. The van der Waals surface area contributed by atoms with Gasteiger partial charge in [0.15, 0.2) is 5.78 Å². The van der Waals surface area contributed by atoms with Crippen molar-refractivity contribution in [2.75, 3.05) is 6.61 Å². The van der Waals surface area contributed by atoms with E-state index in [9.17, 15) is 13.2 Å². The normalized spacial score (nSPS) is 14.1. The van der Waals surface area contributed by atoms with Gasteiger partial charge in [-0.15, -0.1) is 0 Å². The summed E-state index contributed by atoms with van der Waals surface area (Å²) in [7, 11) is -4.00. The smallest absolute Gasteiger partial charge is 0.358 e. The number of ketones is 1. The molecule has 0 aliphatic heterocycles. The van der Waals surface area contributed by atoms with Crippen LogP contribution in [0.5, 0.6) is 5.75 Å². The Morgan fingerprint density at radius 3 is 2.24 bits per heavy atom. The van der Waals surface area contributed by atoms with Gasteiger partial charge in [0.1, 0.15) is 16.4 Å². The second-order valence-corrected chi connectivity index (χ2v) is 5.55. The molecule has 2 rings (SSSR count). The summed E-state index contributed by atoms with van der Waals surface area (Å²) in [6.45, 7) is 2.33. The number of carbonyl (C=O) groups excluding carboxylic acids is 1. The maximum Gasteiger partial charge on any atom is 0.358 e. The van der Waals surface area contributed by atoms with E-state index in [1.54, 1.807) is 0 Å². The van der Waals surface area contributed by atoms with Crippen LogP contribution in [0.2, 0.25) is 0 Å². The zero-order valence-corrected chi connectivity index (χ0v) is 12.0. The Balaban J connectivity index is 2.11. The molecule has 0 saturated heterocycles. The van der Waals surface area contributed by atoms with Crippen molar-refractivity contribution in [1.29, 1.82) is 0 Å². The molecule has 0 spiro atoms. The quantitative estimate of drug-likeness (QED) is 0.612. The molecular formula is C14H13NO5S. The largest absolute Gasteiger partial charge is 0.494 e. The topological polar surface area (TPSA) is 82.0 Å². The predicted octanol–water partition coefficient (Wildman–Crippen LogP) is 1.84. The van der Waals surface area contributed by atoms with Gasteiger partial charge in [-0.3, -0.25) is 9.08 Å². The first-order chi connectivity index (χ1) is 10.0. The van der Waals surface area contributed by atoms with E-state index in [1.807, 2.05) is 6.92 Å². The first-order valence-corrected chi connectivity index (χ1v) is 7.57. The van der Waals surface area contributed by atoms with E-state index < -0.39 is 10.1 Å². The third-order valence-electron chi connectivity index (χ3n) is 2.50. The van der Waals surface area contributed by atoms with Gasteiger partial charge < -0.3 is 4.74 Å². The molecule has 0 heterocycles. The number of oxime groups is 1. The molecule has 1 aromatic rings. The number of hydrogen-bond acceptors (Lipinski definition) is 6. The Labute approximate surface area is 122 Å². The Hall–Kier alpha value is -2.41. The van der Waals surface area contributed by atoms with Crippen LogP contribution in [-0.2, 0) is 19.2 Å². The van der Waals surface area contributed by atoms with Crippen LogP contribution in [0.15, 0.2) is 58.6 Å². The number of rotatable bonds is 5. The van der Waals surface area contributed by atoms with E-state index in [-0.39, 0.29) is 16.4 Å². The van der Waals surface area contributed by atoms with Crippen molar-refractivity contribution in [3.05, 3.63) is 48.6 Å². The fourth-order valence-electron chi connectivity index (χ4n) is 1.51. The van der Waals surface area contributed by atoms with E-state index in [2.05, 4.69) is 9.44 Å². The summed E-state index contributed by atoms with van der Waals surface area (Å²) in [6, 6.07) is 5.81. The summed E-state index contributed by atoms with van der Waals surface area (Å²) in [5.41, 5.74) is 0.240. The van der Waals surface area contributed by atoms with Crippen molar-refractivity contribution < 1.29 is 22.2 Å². The number of carbonyl (C=O) groups is 1. The van der Waals surface area contributed by atoms with Gasteiger partial charge in [-0.05, 0) is 55.5 Å². The minimum absolute atomic E-state index is 0.0323. The zero-order chi connectivity index (χ0) is 15.3. The first kappa shape index (κ1) is 15.0. The molecule has 1 aromatic carbocycles. The van der Waals surface area contributed by atoms with Crippen molar-refractivity contribution in [2.24, 2.45) is 5.16 Å². The highest BCUT2D eigenvalue weighted by atomic mass is 32.2. The third kappa shape index (κ3) is 4.03. The van der Waals surface area contributed by atoms with E-state index >= 15 is 0 Å². The Bertz CT molecular complexity index is 696. The van der Waals surface area contributed by atoms with E-state index in [4.69, 9.17) is 4.74 Å². The number of allylic oxidation sites excluding steroid dienone is 4. The molecule has 110 valence electrons. The Morgan fingerprint density at radius 2 is 1.67 bits per heavy atom. The van der Waals surface area contributed by atoms with Crippen LogP contribution in [0.25, 0.3) is 0 Å². The molecule has 0 saturated carbocycles. The summed E-state index contributed by atoms with van der Waals surface area (Å²) in [6.07, 6.45) is 5.28. The summed E-state index contributed by atoms with van der Waals surface area (Å²) >= 11 is 0. The third-order valence-corrected chi connectivity index (χ3v) is 3.62. The molecule has 0 unspecified atom stereocenters. The van der Waals surface area contributed by atoms with Gasteiger partial charge in [0.25, 0.3) is 0 Å². The van der Waals surface area contributed by atoms with Crippen LogP contribution < -0.4 is 4.74 Å². The highest BCUT2D eigenvalue weighted by Crippen LogP contribution is 2.18. The molecule has 0 N–H and O–H groups in total. The van der Waals surface area contributed by atoms with Crippen molar-refractivity contribution in [2.45, 2.75) is 11.8 Å². The average molecular weight is 307 g/mol. The minimum Gasteiger partial charge on any atom is -0.494 e. The number of ether oxygens (including phenoxy) is 1. The maximum atomic E-state index is 11.9. The van der Waals surface area contributed by atoms with Crippen LogP contribution in [-0.4, -0.2) is 26.5 Å². The molecule has 0 fully saturated rings. The molecule has 0 radical (unpaired) electrons. The van der Waals surface area contributed by atoms with Crippen LogP contribution in [0.4, 0.5) is 0 Å². The fraction of sp³-hybridized carbons (Fsp3) is 0.143. The lowest BCUT2D eigenvalue weighted by Crippen LogP contribution is -2.06. The lowest BCUT2D eigenvalue weighted by Gasteiger charge is -2.05. The highest BCUT2D eigenvalue weighted by Gasteiger charge is 2.16. The van der Waals surface area contributed by atoms with E-state index in [0.29, 0.717) is 12.4 Å². The van der Waals surface area contributed by atoms with Crippen molar-refractivity contribution in [3.63, 3.8) is 0 Å². The van der Waals surface area contributed by atoms with E-state index in [0.717, 1.165) is 0 Å². The van der Waals surface area contributed by atoms with Crippen molar-refractivity contribution in [3.8, 4) is 5.75 Å². The molecule has 6 nitrogen and oxygen atoms in total. The van der Waals surface area contributed by atoms with Gasteiger partial charge >= 0.3 is 10.1 Å². The highest BCUT2D eigenvalue weighted by molar-refractivity contribution is 7.86. The molecule has 0 bridgehead atoms. The number of benzene rings is 1. The number of nitrogens with zero attached hydrogens (tertiary/aromatic N) is 1. The summed E-state index contributed by atoms with van der Waals surface area (Å²) in [5, 5.41) is 3.50. The minimum atomic E-state index is -4.00. The second kappa shape index (κ2) is 6.36. The fourth-order valence-corrected chi connectivity index (χ4v) is 2.25. The molecule has 21 heavy (non-hydrogen) atoms. The van der Waals surface area contributed by atoms with Gasteiger partial charge in [0.2, 0.25) is 0 Å². The SMILES string of the molecule is CCOc1ccc(S(=O)(=O)ON=C2C=CC(=O)C=C2)cc1. The van der Waals surface area contributed by atoms with Gasteiger partial charge in [0.05, 0.1) is 6.61 Å². The lowest BCUT2D eigenvalue weighted by molar-refractivity contribution is -0.110. The second-order valence-electron chi connectivity index (χ2n) is 4.02. The molecule has 0 atom stereocenters. The maximum absolute atomic E-state index is 11.9. The van der Waals surface area contributed by atoms with Crippen molar-refractivity contribution >= 4 is 21.6 Å². The number of hydrogen-bond donors (Lipinski definition) is 0. The first-order valence-electron chi connectivity index (χ1n) is 6.16. The van der Waals surface area contributed by atoms with Crippen LogP contribution in [0, 0.1) is 0 Å². The van der Waals surface area contributed by atoms with Gasteiger partial charge in [-0.2, -0.15) is 8.42 Å². The molecular weight excluding hydrogens is 294 g/mol. The predicted molar refractivity (Wildman–Crippen MR) is 76.6 cm³/mol. The van der Waals surface area contributed by atoms with Gasteiger partial charge in [0, 0.05) is 0 Å². The molecule has 1 aliphatic rings. The Kier molecular flexibility index (Phi) is 4.54. The molecule has 7 heteroatoms. The summed E-state index contributed by atoms with van der Waals surface area (Å²) in [5.74, 6) is 0.378. The van der Waals surface area contributed by atoms with Crippen LogP contribution >= 0.6 is 0 Å². The van der Waals surface area contributed by atoms with E-state index in [1.165, 1.54) is 48.6 Å². The van der Waals surface area contributed by atoms with Gasteiger partial charge in [-0.25, -0.2) is 0 Å². The van der Waals surface area contributed by atoms with Crippen LogP contribution in [0.1, 0.15) is 6.92 Å². The zero-order valence-electron chi connectivity index (χ0n) is 11.2. The molecule has 0 aromatic heterocycles. The van der Waals surface area contributed by atoms with Gasteiger partial charge in [-0.1, -0.05) is 5.16 Å². The summed E-state index contributed by atoms with van der Waals surface area (Å²) < 4.78 is 33.7. The average Bonchev–Trinajstić information content (AvgIpc) is 2.48. The molecule has 0 amide bonds. The standard InChI is InChI=1S/C14H13NO5S/c1-2-19-13-7-9-14(10-8-13)21(17,18)20-15-11-3-5-12(16)6-4-11/h3-10H,2H2,1H3. The Morgan fingerprint density at radius 1 is 1.05 bits per heavy atom. The lowest BCUT2D eigenvalue weighted by atomic mass is 10.2. The summed E-state index contributed by atoms with van der Waals surface area (Å²) in [4.78, 5) is 10.9. The van der Waals surface area contributed by atoms with Crippen LogP contribution in [0.3, 0.4) is 0 Å². The van der Waals surface area contributed by atoms with Crippen molar-refractivity contribution in [1.82, 2.24) is 0 Å². The monoisotopic (exact) mass is 307 g/mol.